The molecule has 1 aliphatic rings. The van der Waals surface area contributed by atoms with Crippen molar-refractivity contribution < 1.29 is 4.79 Å². The van der Waals surface area contributed by atoms with Gasteiger partial charge in [-0.25, -0.2) is 9.97 Å². The monoisotopic (exact) mass is 333 g/mol. The predicted octanol–water partition coefficient (Wildman–Crippen LogP) is 0.867. The van der Waals surface area contributed by atoms with Crippen LogP contribution in [0.3, 0.4) is 0 Å². The summed E-state index contributed by atoms with van der Waals surface area (Å²) in [4.78, 5) is 25.3. The number of nitrogens with zero attached hydrogens (tertiary/aromatic N) is 6. The normalized spacial score (nSPS) is 17.5. The fourth-order valence-corrected chi connectivity index (χ4v) is 3.03. The van der Waals surface area contributed by atoms with E-state index in [1.165, 1.54) is 11.3 Å². The molecule has 1 N–H and O–H groups in total. The number of aromatic nitrogens is 4. The Morgan fingerprint density at radius 1 is 1.26 bits per heavy atom. The third-order valence-electron chi connectivity index (χ3n) is 3.88. The first-order valence-electron chi connectivity index (χ1n) is 7.57. The zero-order valence-electron chi connectivity index (χ0n) is 12.9. The van der Waals surface area contributed by atoms with Gasteiger partial charge >= 0.3 is 0 Å². The summed E-state index contributed by atoms with van der Waals surface area (Å²) >= 11 is 1.32. The summed E-state index contributed by atoms with van der Waals surface area (Å²) < 4.78 is 0. The van der Waals surface area contributed by atoms with Gasteiger partial charge in [-0.3, -0.25) is 15.0 Å². The second-order valence-corrected chi connectivity index (χ2v) is 6.17. The van der Waals surface area contributed by atoms with E-state index in [1.807, 2.05) is 13.0 Å². The van der Waals surface area contributed by atoms with E-state index in [0.717, 1.165) is 38.5 Å². The van der Waals surface area contributed by atoms with Crippen LogP contribution in [-0.4, -0.2) is 63.2 Å². The highest BCUT2D eigenvalue weighted by Gasteiger charge is 2.25. The molecule has 122 valence electrons. The van der Waals surface area contributed by atoms with Crippen LogP contribution >= 0.6 is 11.3 Å². The van der Waals surface area contributed by atoms with Gasteiger partial charge < -0.3 is 4.90 Å². The maximum Gasteiger partial charge on any atom is 0.243 e. The van der Waals surface area contributed by atoms with Crippen molar-refractivity contribution >= 4 is 28.3 Å². The molecule has 1 amide bonds. The van der Waals surface area contributed by atoms with Crippen LogP contribution in [0.15, 0.2) is 24.0 Å². The molecule has 1 atom stereocenters. The molecule has 0 aromatic carbocycles. The molecular weight excluding hydrogens is 314 g/mol. The van der Waals surface area contributed by atoms with E-state index in [9.17, 15) is 4.79 Å². The third-order valence-corrected chi connectivity index (χ3v) is 4.49. The molecule has 0 aliphatic carbocycles. The average molecular weight is 333 g/mol. The van der Waals surface area contributed by atoms with Crippen LogP contribution in [0, 0.1) is 0 Å². The van der Waals surface area contributed by atoms with Crippen LogP contribution in [0.5, 0.6) is 0 Å². The summed E-state index contributed by atoms with van der Waals surface area (Å²) in [6, 6.07) is 1.60. The number of rotatable bonds is 4. The largest absolute Gasteiger partial charge is 0.339 e. The fraction of sp³-hybridized carbons (Fsp3) is 0.500. The summed E-state index contributed by atoms with van der Waals surface area (Å²) in [5, 5.41) is 10.9. The molecule has 2 aromatic heterocycles. The minimum atomic E-state index is -0.212. The Morgan fingerprint density at radius 3 is 2.83 bits per heavy atom. The van der Waals surface area contributed by atoms with E-state index in [2.05, 4.69) is 35.3 Å². The standard InChI is InChI=1S/C14H19N7OS/c1-11(12(22)18-14-19-17-10-23-14)20-6-3-7-21(9-8-20)13-15-4-2-5-16-13/h2,4-5,10-11H,3,6-9H2,1H3,(H,18,19,22)/t11-/m1/s1. The molecule has 3 rings (SSSR count). The van der Waals surface area contributed by atoms with Gasteiger partial charge in [0.1, 0.15) is 5.51 Å². The first-order valence-corrected chi connectivity index (χ1v) is 8.45. The lowest BCUT2D eigenvalue weighted by molar-refractivity contribution is -0.120. The lowest BCUT2D eigenvalue weighted by atomic mass is 10.2. The minimum absolute atomic E-state index is 0.0499. The van der Waals surface area contributed by atoms with Gasteiger partial charge in [-0.05, 0) is 19.4 Å². The number of carbonyl (C=O) groups excluding carboxylic acids is 1. The molecule has 2 aromatic rings. The van der Waals surface area contributed by atoms with E-state index in [1.54, 1.807) is 17.9 Å². The zero-order valence-corrected chi connectivity index (χ0v) is 13.7. The molecule has 0 radical (unpaired) electrons. The van der Waals surface area contributed by atoms with E-state index < -0.39 is 0 Å². The molecule has 3 heterocycles. The second-order valence-electron chi connectivity index (χ2n) is 5.33. The predicted molar refractivity (Wildman–Crippen MR) is 88.4 cm³/mol. The van der Waals surface area contributed by atoms with Crippen LogP contribution in [0.1, 0.15) is 13.3 Å². The Labute approximate surface area is 138 Å². The molecule has 1 fully saturated rings. The molecular formula is C14H19N7OS. The summed E-state index contributed by atoms with van der Waals surface area (Å²) in [6.07, 6.45) is 4.47. The van der Waals surface area contributed by atoms with Gasteiger partial charge in [0, 0.05) is 38.6 Å². The highest BCUT2D eigenvalue weighted by molar-refractivity contribution is 7.13. The Hall–Kier alpha value is -2.13. The third kappa shape index (κ3) is 3.99. The summed E-state index contributed by atoms with van der Waals surface area (Å²) in [6.45, 7) is 5.29. The van der Waals surface area contributed by atoms with Crippen LogP contribution in [0.25, 0.3) is 0 Å². The average Bonchev–Trinajstić information content (AvgIpc) is 2.96. The molecule has 23 heavy (non-hydrogen) atoms. The molecule has 1 aliphatic heterocycles. The van der Waals surface area contributed by atoms with Gasteiger partial charge in [0.2, 0.25) is 17.0 Å². The van der Waals surface area contributed by atoms with Crippen molar-refractivity contribution in [1.82, 2.24) is 25.1 Å². The molecule has 0 bridgehead atoms. The molecule has 0 spiro atoms. The van der Waals surface area contributed by atoms with Gasteiger partial charge in [-0.2, -0.15) is 0 Å². The summed E-state index contributed by atoms with van der Waals surface area (Å²) in [5.41, 5.74) is 1.60. The van der Waals surface area contributed by atoms with E-state index >= 15 is 0 Å². The smallest absolute Gasteiger partial charge is 0.243 e. The maximum absolute atomic E-state index is 12.3. The van der Waals surface area contributed by atoms with E-state index in [4.69, 9.17) is 0 Å². The zero-order chi connectivity index (χ0) is 16.1. The first kappa shape index (κ1) is 15.8. The Bertz CT molecular complexity index is 621. The minimum Gasteiger partial charge on any atom is -0.339 e. The number of anilines is 2. The molecule has 8 nitrogen and oxygen atoms in total. The van der Waals surface area contributed by atoms with Crippen LogP contribution in [0.2, 0.25) is 0 Å². The highest BCUT2D eigenvalue weighted by Crippen LogP contribution is 2.14. The topological polar surface area (TPSA) is 87.1 Å². The Kier molecular flexibility index (Phi) is 5.09. The maximum atomic E-state index is 12.3. The SMILES string of the molecule is C[C@H](C(=O)Nc1nncs1)N1CCCN(c2ncccn2)CC1. The lowest BCUT2D eigenvalue weighted by Gasteiger charge is -2.26. The van der Waals surface area contributed by atoms with Crippen LogP contribution in [-0.2, 0) is 4.79 Å². The van der Waals surface area contributed by atoms with Gasteiger partial charge in [-0.15, -0.1) is 10.2 Å². The van der Waals surface area contributed by atoms with Gasteiger partial charge in [0.05, 0.1) is 6.04 Å². The van der Waals surface area contributed by atoms with Crippen LogP contribution in [0.4, 0.5) is 11.1 Å². The molecule has 9 heteroatoms. The number of hydrogen-bond donors (Lipinski definition) is 1. The Morgan fingerprint density at radius 2 is 2.09 bits per heavy atom. The van der Waals surface area contributed by atoms with Crippen molar-refractivity contribution in [2.24, 2.45) is 0 Å². The van der Waals surface area contributed by atoms with Crippen molar-refractivity contribution in [2.75, 3.05) is 36.4 Å². The molecule has 0 unspecified atom stereocenters. The number of carbonyl (C=O) groups is 1. The van der Waals surface area contributed by atoms with Crippen molar-refractivity contribution in [3.63, 3.8) is 0 Å². The Balaban J connectivity index is 1.58. The van der Waals surface area contributed by atoms with Crippen molar-refractivity contribution in [2.45, 2.75) is 19.4 Å². The molecule has 0 saturated carbocycles. The van der Waals surface area contributed by atoms with Gasteiger partial charge in [0.25, 0.3) is 0 Å². The highest BCUT2D eigenvalue weighted by atomic mass is 32.1. The number of nitrogens with one attached hydrogen (secondary N) is 1. The van der Waals surface area contributed by atoms with Crippen molar-refractivity contribution in [1.29, 1.82) is 0 Å². The van der Waals surface area contributed by atoms with E-state index in [-0.39, 0.29) is 11.9 Å². The van der Waals surface area contributed by atoms with Crippen molar-refractivity contribution in [3.05, 3.63) is 24.0 Å². The fourth-order valence-electron chi connectivity index (χ4n) is 2.58. The van der Waals surface area contributed by atoms with Crippen LogP contribution < -0.4 is 10.2 Å². The summed E-state index contributed by atoms with van der Waals surface area (Å²) in [5.74, 6) is 0.700. The molecule has 1 saturated heterocycles. The first-order chi connectivity index (χ1) is 11.2. The quantitative estimate of drug-likeness (QED) is 0.888. The lowest BCUT2D eigenvalue weighted by Crippen LogP contribution is -2.44. The van der Waals surface area contributed by atoms with Gasteiger partial charge in [-0.1, -0.05) is 11.3 Å². The number of amides is 1. The van der Waals surface area contributed by atoms with E-state index in [0.29, 0.717) is 5.13 Å². The number of hydrogen-bond acceptors (Lipinski definition) is 8. The van der Waals surface area contributed by atoms with Crippen molar-refractivity contribution in [3.8, 4) is 0 Å². The second kappa shape index (κ2) is 7.42. The summed E-state index contributed by atoms with van der Waals surface area (Å²) in [7, 11) is 0. The van der Waals surface area contributed by atoms with Gasteiger partial charge in [0.15, 0.2) is 0 Å².